The van der Waals surface area contributed by atoms with Gasteiger partial charge in [0, 0.05) is 17.9 Å². The Labute approximate surface area is 119 Å². The first kappa shape index (κ1) is 12.6. The van der Waals surface area contributed by atoms with E-state index in [0.29, 0.717) is 11.3 Å². The summed E-state index contributed by atoms with van der Waals surface area (Å²) in [5.74, 6) is 3.83. The lowest BCUT2D eigenvalue weighted by molar-refractivity contribution is -0.0154. The van der Waals surface area contributed by atoms with Crippen molar-refractivity contribution in [1.82, 2.24) is 0 Å². The van der Waals surface area contributed by atoms with Crippen LogP contribution in [0, 0.1) is 17.8 Å². The van der Waals surface area contributed by atoms with E-state index in [4.69, 9.17) is 4.42 Å². The van der Waals surface area contributed by atoms with Crippen molar-refractivity contribution < 1.29 is 14.3 Å². The minimum atomic E-state index is -0.106. The van der Waals surface area contributed by atoms with E-state index in [1.165, 1.54) is 45.4 Å². The van der Waals surface area contributed by atoms with E-state index in [2.05, 4.69) is 0 Å². The first-order valence-corrected chi connectivity index (χ1v) is 7.84. The fourth-order valence-corrected chi connectivity index (χ4v) is 5.52. The topological polar surface area (TPSA) is 50.4 Å². The Morgan fingerprint density at radius 3 is 2.20 bits per heavy atom. The molecule has 3 nitrogen and oxygen atoms in total. The number of aliphatic hydroxyl groups is 1. The van der Waals surface area contributed by atoms with Gasteiger partial charge >= 0.3 is 0 Å². The Morgan fingerprint density at radius 2 is 1.80 bits per heavy atom. The van der Waals surface area contributed by atoms with Crippen molar-refractivity contribution in [3.63, 3.8) is 0 Å². The van der Waals surface area contributed by atoms with E-state index < -0.39 is 0 Å². The highest BCUT2D eigenvalue weighted by Crippen LogP contribution is 2.61. The van der Waals surface area contributed by atoms with Crippen LogP contribution >= 0.6 is 0 Å². The van der Waals surface area contributed by atoms with Crippen LogP contribution in [-0.2, 0) is 12.0 Å². The second-order valence-corrected chi connectivity index (χ2v) is 7.38. The van der Waals surface area contributed by atoms with Gasteiger partial charge in [-0.05, 0) is 62.3 Å². The third-order valence-corrected chi connectivity index (χ3v) is 5.86. The third-order valence-electron chi connectivity index (χ3n) is 5.86. The van der Waals surface area contributed by atoms with Crippen LogP contribution in [0.15, 0.2) is 10.5 Å². The first-order chi connectivity index (χ1) is 9.59. The normalized spacial score (nSPS) is 38.4. The fraction of sp³-hybridized carbons (Fsp3) is 0.706. The number of carbonyl (C=O) groups is 1. The fourth-order valence-electron chi connectivity index (χ4n) is 5.52. The number of hydrogen-bond acceptors (Lipinski definition) is 3. The predicted octanol–water partition coefficient (Wildman–Crippen LogP) is 3.44. The first-order valence-electron chi connectivity index (χ1n) is 7.84. The van der Waals surface area contributed by atoms with Crippen LogP contribution in [-0.4, -0.2) is 10.9 Å². The molecule has 0 aromatic carbocycles. The molecule has 0 atom stereocenters. The SMILES string of the molecule is CC(=O)c1oc(C23CC4CC(CC(C4)C2)C3)cc1CO. The van der Waals surface area contributed by atoms with Crippen molar-refractivity contribution in [1.29, 1.82) is 0 Å². The molecule has 4 aliphatic rings. The lowest BCUT2D eigenvalue weighted by atomic mass is 9.49. The zero-order valence-electron chi connectivity index (χ0n) is 12.0. The molecule has 4 saturated carbocycles. The molecule has 4 fully saturated rings. The molecule has 0 radical (unpaired) electrons. The van der Waals surface area contributed by atoms with Crippen LogP contribution in [0.5, 0.6) is 0 Å². The zero-order chi connectivity index (χ0) is 13.9. The van der Waals surface area contributed by atoms with Crippen LogP contribution in [0.25, 0.3) is 0 Å². The molecule has 4 bridgehead atoms. The summed E-state index contributed by atoms with van der Waals surface area (Å²) in [6.45, 7) is 1.41. The van der Waals surface area contributed by atoms with Crippen LogP contribution in [0.2, 0.25) is 0 Å². The highest BCUT2D eigenvalue weighted by atomic mass is 16.4. The van der Waals surface area contributed by atoms with Crippen molar-refractivity contribution in [2.45, 2.75) is 57.5 Å². The summed E-state index contributed by atoms with van der Waals surface area (Å²) in [5.41, 5.74) is 0.829. The molecule has 5 rings (SSSR count). The number of furan rings is 1. The van der Waals surface area contributed by atoms with Crippen molar-refractivity contribution in [2.75, 3.05) is 0 Å². The van der Waals surface area contributed by atoms with E-state index in [1.807, 2.05) is 6.07 Å². The van der Waals surface area contributed by atoms with Gasteiger partial charge in [0.25, 0.3) is 0 Å². The molecule has 108 valence electrons. The third kappa shape index (κ3) is 1.72. The Kier molecular flexibility index (Phi) is 2.65. The number of rotatable bonds is 3. The van der Waals surface area contributed by atoms with Crippen LogP contribution in [0.4, 0.5) is 0 Å². The van der Waals surface area contributed by atoms with Gasteiger partial charge in [-0.1, -0.05) is 0 Å². The summed E-state index contributed by atoms with van der Waals surface area (Å²) in [4.78, 5) is 11.7. The van der Waals surface area contributed by atoms with Gasteiger partial charge in [0.1, 0.15) is 5.76 Å². The lowest BCUT2D eigenvalue weighted by Gasteiger charge is -2.55. The summed E-state index contributed by atoms with van der Waals surface area (Å²) >= 11 is 0. The number of hydrogen-bond donors (Lipinski definition) is 1. The van der Waals surface area contributed by atoms with Gasteiger partial charge in [0.05, 0.1) is 6.61 Å². The van der Waals surface area contributed by atoms with Crippen LogP contribution in [0.1, 0.15) is 67.3 Å². The molecule has 0 unspecified atom stereocenters. The van der Waals surface area contributed by atoms with Gasteiger partial charge in [-0.2, -0.15) is 0 Å². The molecular weight excluding hydrogens is 252 g/mol. The molecule has 1 heterocycles. The minimum Gasteiger partial charge on any atom is -0.457 e. The second kappa shape index (κ2) is 4.20. The van der Waals surface area contributed by atoms with Gasteiger partial charge < -0.3 is 9.52 Å². The maximum atomic E-state index is 11.7. The molecule has 0 amide bonds. The van der Waals surface area contributed by atoms with E-state index in [0.717, 1.165) is 23.5 Å². The van der Waals surface area contributed by atoms with E-state index in [-0.39, 0.29) is 17.8 Å². The van der Waals surface area contributed by atoms with Crippen molar-refractivity contribution in [3.05, 3.63) is 23.2 Å². The Bertz CT molecular complexity index is 519. The van der Waals surface area contributed by atoms with Crippen molar-refractivity contribution >= 4 is 5.78 Å². The van der Waals surface area contributed by atoms with Gasteiger partial charge in [-0.15, -0.1) is 0 Å². The smallest absolute Gasteiger partial charge is 0.195 e. The summed E-state index contributed by atoms with van der Waals surface area (Å²) < 4.78 is 5.94. The maximum absolute atomic E-state index is 11.7. The maximum Gasteiger partial charge on any atom is 0.195 e. The number of carbonyl (C=O) groups excluding carboxylic acids is 1. The average molecular weight is 274 g/mol. The molecule has 3 heteroatoms. The van der Waals surface area contributed by atoms with Gasteiger partial charge in [0.15, 0.2) is 11.5 Å². The van der Waals surface area contributed by atoms with Gasteiger partial charge in [-0.25, -0.2) is 0 Å². The van der Waals surface area contributed by atoms with E-state index in [9.17, 15) is 9.90 Å². The molecule has 0 saturated heterocycles. The Hall–Kier alpha value is -1.09. The van der Waals surface area contributed by atoms with Crippen molar-refractivity contribution in [2.24, 2.45) is 17.8 Å². The summed E-state index contributed by atoms with van der Waals surface area (Å²) in [6, 6.07) is 1.96. The molecule has 1 N–H and O–H groups in total. The van der Waals surface area contributed by atoms with Gasteiger partial charge in [0.2, 0.25) is 0 Å². The summed E-state index contributed by atoms with van der Waals surface area (Å²) in [6.07, 6.45) is 7.84. The second-order valence-electron chi connectivity index (χ2n) is 7.38. The number of Topliss-reactive ketones (excluding diaryl/α,β-unsaturated/α-hetero) is 1. The van der Waals surface area contributed by atoms with E-state index in [1.54, 1.807) is 0 Å². The minimum absolute atomic E-state index is 0.0787. The monoisotopic (exact) mass is 274 g/mol. The van der Waals surface area contributed by atoms with Crippen LogP contribution in [0.3, 0.4) is 0 Å². The Morgan fingerprint density at radius 1 is 1.25 bits per heavy atom. The highest BCUT2D eigenvalue weighted by molar-refractivity contribution is 5.92. The zero-order valence-corrected chi connectivity index (χ0v) is 12.0. The molecule has 0 aliphatic heterocycles. The molecular formula is C17H22O3. The molecule has 1 aromatic heterocycles. The number of ketones is 1. The molecule has 1 aromatic rings. The summed E-state index contributed by atoms with van der Waals surface area (Å²) in [5, 5.41) is 9.45. The predicted molar refractivity (Wildman–Crippen MR) is 74.5 cm³/mol. The Balaban J connectivity index is 1.75. The molecule has 4 aliphatic carbocycles. The highest BCUT2D eigenvalue weighted by Gasteiger charge is 2.53. The molecule has 20 heavy (non-hydrogen) atoms. The quantitative estimate of drug-likeness (QED) is 0.859. The summed E-state index contributed by atoms with van der Waals surface area (Å²) in [7, 11) is 0. The van der Waals surface area contributed by atoms with Crippen molar-refractivity contribution in [3.8, 4) is 0 Å². The number of aliphatic hydroxyl groups excluding tert-OH is 1. The largest absolute Gasteiger partial charge is 0.457 e. The lowest BCUT2D eigenvalue weighted by Crippen LogP contribution is -2.48. The van der Waals surface area contributed by atoms with Crippen LogP contribution < -0.4 is 0 Å². The van der Waals surface area contributed by atoms with Gasteiger partial charge in [-0.3, -0.25) is 4.79 Å². The standard InChI is InChI=1S/C17H22O3/c1-10(19)16-14(9-18)5-15(20-16)17-6-11-2-12(7-17)4-13(3-11)8-17/h5,11-13,18H,2-4,6-9H2,1H3. The molecule has 0 spiro atoms. The van der Waals surface area contributed by atoms with E-state index >= 15 is 0 Å². The average Bonchev–Trinajstić information content (AvgIpc) is 2.82.